The monoisotopic (exact) mass is 383 g/mol. The first-order valence-electron chi connectivity index (χ1n) is 8.86. The SMILES string of the molecule is COc1nc2c(cc1CNCc1ccc3nsnc3c1)C(=O)N(C(C)C)C2. The Bertz CT molecular complexity index is 1000. The second-order valence-electron chi connectivity index (χ2n) is 6.87. The lowest BCUT2D eigenvalue weighted by atomic mass is 10.1. The number of fused-ring (bicyclic) bond motifs is 2. The van der Waals surface area contributed by atoms with Crippen molar-refractivity contribution in [3.8, 4) is 5.88 Å². The maximum absolute atomic E-state index is 12.6. The number of hydrogen-bond donors (Lipinski definition) is 1. The first kappa shape index (κ1) is 17.8. The van der Waals surface area contributed by atoms with Crippen molar-refractivity contribution in [1.82, 2.24) is 23.9 Å². The maximum atomic E-state index is 12.6. The largest absolute Gasteiger partial charge is 0.481 e. The van der Waals surface area contributed by atoms with Crippen molar-refractivity contribution in [2.45, 2.75) is 39.5 Å². The van der Waals surface area contributed by atoms with Crippen molar-refractivity contribution in [1.29, 1.82) is 0 Å². The number of nitrogens with zero attached hydrogens (tertiary/aromatic N) is 4. The molecule has 4 rings (SSSR count). The zero-order valence-electron chi connectivity index (χ0n) is 15.5. The minimum Gasteiger partial charge on any atom is -0.481 e. The molecular formula is C19H21N5O2S. The summed E-state index contributed by atoms with van der Waals surface area (Å²) in [6, 6.07) is 8.11. The van der Waals surface area contributed by atoms with Crippen LogP contribution >= 0.6 is 11.7 Å². The molecule has 0 atom stereocenters. The molecule has 0 saturated carbocycles. The number of carbonyl (C=O) groups excluding carboxylic acids is 1. The van der Waals surface area contributed by atoms with Crippen LogP contribution in [0.4, 0.5) is 0 Å². The summed E-state index contributed by atoms with van der Waals surface area (Å²) in [6.45, 7) is 5.81. The number of hydrogen-bond acceptors (Lipinski definition) is 7. The van der Waals surface area contributed by atoms with Crippen LogP contribution in [-0.4, -0.2) is 37.7 Å². The van der Waals surface area contributed by atoms with E-state index >= 15 is 0 Å². The summed E-state index contributed by atoms with van der Waals surface area (Å²) in [5.74, 6) is 0.608. The Labute approximate surface area is 161 Å². The van der Waals surface area contributed by atoms with Gasteiger partial charge in [0, 0.05) is 24.7 Å². The quantitative estimate of drug-likeness (QED) is 0.705. The first-order chi connectivity index (χ1) is 13.1. The molecule has 1 N–H and O–H groups in total. The number of nitrogens with one attached hydrogen (secondary N) is 1. The molecule has 0 saturated heterocycles. The van der Waals surface area contributed by atoms with Gasteiger partial charge in [0.15, 0.2) is 0 Å². The Morgan fingerprint density at radius 1 is 1.22 bits per heavy atom. The van der Waals surface area contributed by atoms with Gasteiger partial charge in [0.1, 0.15) is 11.0 Å². The van der Waals surface area contributed by atoms with Gasteiger partial charge >= 0.3 is 0 Å². The number of carbonyl (C=O) groups is 1. The van der Waals surface area contributed by atoms with Gasteiger partial charge in [-0.2, -0.15) is 8.75 Å². The molecule has 1 aliphatic rings. The smallest absolute Gasteiger partial charge is 0.256 e. The number of aromatic nitrogens is 3. The van der Waals surface area contributed by atoms with Crippen LogP contribution in [0.5, 0.6) is 5.88 Å². The van der Waals surface area contributed by atoms with Crippen molar-refractivity contribution < 1.29 is 9.53 Å². The molecule has 2 aromatic heterocycles. The lowest BCUT2D eigenvalue weighted by Gasteiger charge is -2.19. The van der Waals surface area contributed by atoms with Crippen LogP contribution < -0.4 is 10.1 Å². The van der Waals surface area contributed by atoms with Gasteiger partial charge in [0.05, 0.1) is 36.6 Å². The molecule has 3 heterocycles. The molecule has 0 fully saturated rings. The summed E-state index contributed by atoms with van der Waals surface area (Å²) in [6.07, 6.45) is 0. The van der Waals surface area contributed by atoms with E-state index in [1.807, 2.05) is 43.0 Å². The Kier molecular flexibility index (Phi) is 4.75. The number of amides is 1. The molecule has 1 aromatic carbocycles. The molecule has 1 amide bonds. The van der Waals surface area contributed by atoms with Crippen LogP contribution in [0.25, 0.3) is 11.0 Å². The second kappa shape index (κ2) is 7.21. The zero-order valence-corrected chi connectivity index (χ0v) is 16.3. The summed E-state index contributed by atoms with van der Waals surface area (Å²) in [4.78, 5) is 19.0. The summed E-state index contributed by atoms with van der Waals surface area (Å²) >= 11 is 1.22. The number of pyridine rings is 1. The van der Waals surface area contributed by atoms with Gasteiger partial charge in [-0.15, -0.1) is 0 Å². The van der Waals surface area contributed by atoms with E-state index in [1.54, 1.807) is 7.11 Å². The highest BCUT2D eigenvalue weighted by molar-refractivity contribution is 7.00. The topological polar surface area (TPSA) is 80.2 Å². The standard InChI is InChI=1S/C19H21N5O2S/c1-11(2)24-10-17-14(19(24)25)7-13(18(21-17)26-3)9-20-8-12-4-5-15-16(6-12)23-27-22-15/h4-7,11,20H,8-10H2,1-3H3. The predicted octanol–water partition coefficient (Wildman–Crippen LogP) is 2.75. The third-order valence-electron chi connectivity index (χ3n) is 4.73. The molecule has 27 heavy (non-hydrogen) atoms. The van der Waals surface area contributed by atoms with Crippen molar-refractivity contribution >= 4 is 28.7 Å². The number of methoxy groups -OCH3 is 1. The number of benzene rings is 1. The van der Waals surface area contributed by atoms with Gasteiger partial charge in [0.25, 0.3) is 5.91 Å². The summed E-state index contributed by atoms with van der Waals surface area (Å²) in [5, 5.41) is 3.40. The fourth-order valence-electron chi connectivity index (χ4n) is 3.27. The number of ether oxygens (including phenoxy) is 1. The molecule has 7 nitrogen and oxygen atoms in total. The summed E-state index contributed by atoms with van der Waals surface area (Å²) in [7, 11) is 1.61. The molecule has 8 heteroatoms. The van der Waals surface area contributed by atoms with E-state index in [4.69, 9.17) is 4.74 Å². The van der Waals surface area contributed by atoms with Gasteiger partial charge < -0.3 is 15.0 Å². The van der Waals surface area contributed by atoms with Gasteiger partial charge in [-0.3, -0.25) is 4.79 Å². The molecule has 0 aliphatic carbocycles. The van der Waals surface area contributed by atoms with Gasteiger partial charge in [-0.05, 0) is 37.6 Å². The highest BCUT2D eigenvalue weighted by Crippen LogP contribution is 2.28. The fourth-order valence-corrected chi connectivity index (χ4v) is 3.78. The van der Waals surface area contributed by atoms with E-state index in [2.05, 4.69) is 19.0 Å². The van der Waals surface area contributed by atoms with Crippen molar-refractivity contribution in [3.63, 3.8) is 0 Å². The Morgan fingerprint density at radius 3 is 2.81 bits per heavy atom. The minimum atomic E-state index is 0.0397. The van der Waals surface area contributed by atoms with E-state index < -0.39 is 0 Å². The summed E-state index contributed by atoms with van der Waals surface area (Å²) < 4.78 is 13.9. The van der Waals surface area contributed by atoms with Crippen LogP contribution in [0.15, 0.2) is 24.3 Å². The third-order valence-corrected chi connectivity index (χ3v) is 5.29. The van der Waals surface area contributed by atoms with Crippen molar-refractivity contribution in [2.75, 3.05) is 7.11 Å². The van der Waals surface area contributed by atoms with Gasteiger partial charge in [-0.1, -0.05) is 6.07 Å². The highest BCUT2D eigenvalue weighted by Gasteiger charge is 2.31. The van der Waals surface area contributed by atoms with Crippen LogP contribution in [0.2, 0.25) is 0 Å². The Morgan fingerprint density at radius 2 is 2.04 bits per heavy atom. The lowest BCUT2D eigenvalue weighted by Crippen LogP contribution is -2.30. The maximum Gasteiger partial charge on any atom is 0.256 e. The van der Waals surface area contributed by atoms with E-state index in [1.165, 1.54) is 11.7 Å². The first-order valence-corrected chi connectivity index (χ1v) is 9.59. The Hall–Kier alpha value is -2.58. The van der Waals surface area contributed by atoms with E-state index in [0.29, 0.717) is 31.1 Å². The lowest BCUT2D eigenvalue weighted by molar-refractivity contribution is 0.0730. The van der Waals surface area contributed by atoms with E-state index in [-0.39, 0.29) is 11.9 Å². The number of rotatable bonds is 6. The molecule has 3 aromatic rings. The van der Waals surface area contributed by atoms with Gasteiger partial charge in [-0.25, -0.2) is 4.98 Å². The molecule has 0 bridgehead atoms. The summed E-state index contributed by atoms with van der Waals surface area (Å²) in [5.41, 5.74) is 5.31. The Balaban J connectivity index is 1.49. The van der Waals surface area contributed by atoms with E-state index in [0.717, 1.165) is 27.9 Å². The van der Waals surface area contributed by atoms with Crippen LogP contribution in [0.1, 0.15) is 41.0 Å². The van der Waals surface area contributed by atoms with Crippen molar-refractivity contribution in [2.24, 2.45) is 0 Å². The molecule has 0 spiro atoms. The minimum absolute atomic E-state index is 0.0397. The van der Waals surface area contributed by atoms with Crippen LogP contribution in [0.3, 0.4) is 0 Å². The van der Waals surface area contributed by atoms with Crippen molar-refractivity contribution in [3.05, 3.63) is 46.6 Å². The second-order valence-corrected chi connectivity index (χ2v) is 7.40. The predicted molar refractivity (Wildman–Crippen MR) is 104 cm³/mol. The van der Waals surface area contributed by atoms with E-state index in [9.17, 15) is 4.79 Å². The zero-order chi connectivity index (χ0) is 19.0. The molecule has 0 unspecified atom stereocenters. The molecule has 0 radical (unpaired) electrons. The van der Waals surface area contributed by atoms with Crippen LogP contribution in [-0.2, 0) is 19.6 Å². The fraction of sp³-hybridized carbons (Fsp3) is 0.368. The molecular weight excluding hydrogens is 362 g/mol. The van der Waals surface area contributed by atoms with Crippen LogP contribution in [0, 0.1) is 0 Å². The highest BCUT2D eigenvalue weighted by atomic mass is 32.1. The average molecular weight is 383 g/mol. The third kappa shape index (κ3) is 3.38. The average Bonchev–Trinajstić information content (AvgIpc) is 3.25. The van der Waals surface area contributed by atoms with Gasteiger partial charge in [0.2, 0.25) is 5.88 Å². The normalized spacial score (nSPS) is 13.6. The molecule has 140 valence electrons. The molecule has 1 aliphatic heterocycles.